The highest BCUT2D eigenvalue weighted by atomic mass is 16.5. The molecule has 0 aliphatic rings. The zero-order valence-corrected chi connectivity index (χ0v) is 12.9. The molecule has 0 rings (SSSR count). The molecule has 0 saturated carbocycles. The zero-order valence-electron chi connectivity index (χ0n) is 12.9. The van der Waals surface area contributed by atoms with Gasteiger partial charge in [0.15, 0.2) is 0 Å². The van der Waals surface area contributed by atoms with Crippen LogP contribution < -0.4 is 0 Å². The van der Waals surface area contributed by atoms with Crippen molar-refractivity contribution in [1.82, 2.24) is 0 Å². The fourth-order valence-corrected chi connectivity index (χ4v) is 1.55. The number of hydrogen-bond donors (Lipinski definition) is 2. The predicted molar refractivity (Wildman–Crippen MR) is 80.2 cm³/mol. The molecule has 0 aromatic rings. The van der Waals surface area contributed by atoms with Gasteiger partial charge in [-0.2, -0.15) is 0 Å². The number of aliphatic hydroxyl groups is 2. The standard InChI is InChI=1S/C16H30O3/c1-13(5-7-15(3)17)9-11-19-12-10-14(2)6-8-16(4)18/h9-10,15-18H,5-8,11-12H2,1-4H3. The average molecular weight is 270 g/mol. The molecule has 2 N–H and O–H groups in total. The number of allylic oxidation sites excluding steroid dienone is 2. The third-order valence-electron chi connectivity index (χ3n) is 3.01. The Morgan fingerprint density at radius 2 is 1.26 bits per heavy atom. The fraction of sp³-hybridized carbons (Fsp3) is 0.750. The SMILES string of the molecule is CC(=CCOCC=C(C)CCC(C)O)CCC(C)O. The highest BCUT2D eigenvalue weighted by molar-refractivity contribution is 5.00. The first-order chi connectivity index (χ1) is 8.91. The molecule has 0 fully saturated rings. The van der Waals surface area contributed by atoms with Gasteiger partial charge in [-0.15, -0.1) is 0 Å². The first kappa shape index (κ1) is 18.4. The second kappa shape index (κ2) is 11.2. The molecule has 0 spiro atoms. The molecule has 2 atom stereocenters. The van der Waals surface area contributed by atoms with Crippen LogP contribution in [0.15, 0.2) is 23.3 Å². The summed E-state index contributed by atoms with van der Waals surface area (Å²) in [6, 6.07) is 0. The first-order valence-electron chi connectivity index (χ1n) is 7.17. The summed E-state index contributed by atoms with van der Waals surface area (Å²) in [7, 11) is 0. The number of rotatable bonds is 10. The Bertz CT molecular complexity index is 250. The highest BCUT2D eigenvalue weighted by Gasteiger charge is 1.97. The van der Waals surface area contributed by atoms with Crippen LogP contribution in [0.25, 0.3) is 0 Å². The third kappa shape index (κ3) is 13.6. The van der Waals surface area contributed by atoms with Crippen molar-refractivity contribution in [3.8, 4) is 0 Å². The van der Waals surface area contributed by atoms with Gasteiger partial charge in [0.25, 0.3) is 0 Å². The third-order valence-corrected chi connectivity index (χ3v) is 3.01. The quantitative estimate of drug-likeness (QED) is 0.473. The van der Waals surface area contributed by atoms with Crippen LogP contribution in [0.3, 0.4) is 0 Å². The minimum atomic E-state index is -0.233. The summed E-state index contributed by atoms with van der Waals surface area (Å²) in [5.74, 6) is 0. The second-order valence-corrected chi connectivity index (χ2v) is 5.41. The van der Waals surface area contributed by atoms with Crippen molar-refractivity contribution in [2.45, 2.75) is 65.6 Å². The van der Waals surface area contributed by atoms with Crippen LogP contribution in [0.4, 0.5) is 0 Å². The molecule has 3 nitrogen and oxygen atoms in total. The smallest absolute Gasteiger partial charge is 0.0654 e. The molecular formula is C16H30O3. The van der Waals surface area contributed by atoms with Crippen LogP contribution in [0, 0.1) is 0 Å². The van der Waals surface area contributed by atoms with E-state index in [1.165, 1.54) is 11.1 Å². The van der Waals surface area contributed by atoms with Crippen LogP contribution in [0.2, 0.25) is 0 Å². The molecule has 0 amide bonds. The van der Waals surface area contributed by atoms with E-state index in [-0.39, 0.29) is 12.2 Å². The maximum atomic E-state index is 9.18. The second-order valence-electron chi connectivity index (χ2n) is 5.41. The Labute approximate surface area is 118 Å². The molecule has 0 saturated heterocycles. The Morgan fingerprint density at radius 3 is 1.58 bits per heavy atom. The van der Waals surface area contributed by atoms with Crippen molar-refractivity contribution in [1.29, 1.82) is 0 Å². The molecule has 0 radical (unpaired) electrons. The Hall–Kier alpha value is -0.640. The van der Waals surface area contributed by atoms with E-state index in [9.17, 15) is 10.2 Å². The molecule has 0 aliphatic heterocycles. The minimum Gasteiger partial charge on any atom is -0.393 e. The van der Waals surface area contributed by atoms with Crippen LogP contribution in [0.5, 0.6) is 0 Å². The van der Waals surface area contributed by atoms with E-state index < -0.39 is 0 Å². The molecular weight excluding hydrogens is 240 g/mol. The van der Waals surface area contributed by atoms with Crippen LogP contribution in [-0.2, 0) is 4.74 Å². The van der Waals surface area contributed by atoms with Gasteiger partial charge in [-0.25, -0.2) is 0 Å². The molecule has 0 aliphatic carbocycles. The summed E-state index contributed by atoms with van der Waals surface area (Å²) in [5.41, 5.74) is 2.52. The Balaban J connectivity index is 3.67. The van der Waals surface area contributed by atoms with E-state index in [4.69, 9.17) is 4.74 Å². The molecule has 0 aromatic carbocycles. The number of hydrogen-bond acceptors (Lipinski definition) is 3. The molecule has 0 heterocycles. The van der Waals surface area contributed by atoms with Gasteiger partial charge in [0.05, 0.1) is 25.4 Å². The van der Waals surface area contributed by atoms with Crippen molar-refractivity contribution < 1.29 is 14.9 Å². The molecule has 0 aromatic heterocycles. The monoisotopic (exact) mass is 270 g/mol. The van der Waals surface area contributed by atoms with E-state index in [2.05, 4.69) is 26.0 Å². The van der Waals surface area contributed by atoms with E-state index >= 15 is 0 Å². The minimum absolute atomic E-state index is 0.233. The summed E-state index contributed by atoms with van der Waals surface area (Å²) in [5, 5.41) is 18.4. The summed E-state index contributed by atoms with van der Waals surface area (Å²) >= 11 is 0. The van der Waals surface area contributed by atoms with Gasteiger partial charge in [-0.3, -0.25) is 0 Å². The average Bonchev–Trinajstić information content (AvgIpc) is 2.33. The summed E-state index contributed by atoms with van der Waals surface area (Å²) < 4.78 is 5.51. The van der Waals surface area contributed by atoms with Gasteiger partial charge in [0.1, 0.15) is 0 Å². The van der Waals surface area contributed by atoms with Gasteiger partial charge < -0.3 is 14.9 Å². The first-order valence-corrected chi connectivity index (χ1v) is 7.17. The van der Waals surface area contributed by atoms with Crippen molar-refractivity contribution in [3.63, 3.8) is 0 Å². The molecule has 19 heavy (non-hydrogen) atoms. The van der Waals surface area contributed by atoms with Crippen molar-refractivity contribution in [2.75, 3.05) is 13.2 Å². The maximum Gasteiger partial charge on any atom is 0.0654 e. The fourth-order valence-electron chi connectivity index (χ4n) is 1.55. The zero-order chi connectivity index (χ0) is 14.7. The van der Waals surface area contributed by atoms with Crippen LogP contribution >= 0.6 is 0 Å². The van der Waals surface area contributed by atoms with Crippen molar-refractivity contribution >= 4 is 0 Å². The van der Waals surface area contributed by atoms with Crippen LogP contribution in [-0.4, -0.2) is 35.6 Å². The van der Waals surface area contributed by atoms with Gasteiger partial charge in [0.2, 0.25) is 0 Å². The van der Waals surface area contributed by atoms with Crippen molar-refractivity contribution in [2.24, 2.45) is 0 Å². The van der Waals surface area contributed by atoms with Gasteiger partial charge in [-0.05, 0) is 53.4 Å². The number of ether oxygens (including phenoxy) is 1. The normalized spacial score (nSPS) is 16.5. The summed E-state index contributed by atoms with van der Waals surface area (Å²) in [6.07, 6.45) is 7.13. The number of aliphatic hydroxyl groups excluding tert-OH is 2. The lowest BCUT2D eigenvalue weighted by atomic mass is 10.1. The Kier molecular flexibility index (Phi) is 10.8. The van der Waals surface area contributed by atoms with E-state index in [0.717, 1.165) is 25.7 Å². The highest BCUT2D eigenvalue weighted by Crippen LogP contribution is 2.07. The summed E-state index contributed by atoms with van der Waals surface area (Å²) in [4.78, 5) is 0. The van der Waals surface area contributed by atoms with E-state index in [1.54, 1.807) is 0 Å². The summed E-state index contributed by atoms with van der Waals surface area (Å²) in [6.45, 7) is 8.98. The van der Waals surface area contributed by atoms with Gasteiger partial charge >= 0.3 is 0 Å². The van der Waals surface area contributed by atoms with Gasteiger partial charge in [-0.1, -0.05) is 23.3 Å². The lowest BCUT2D eigenvalue weighted by Gasteiger charge is -2.05. The largest absolute Gasteiger partial charge is 0.393 e. The van der Waals surface area contributed by atoms with Gasteiger partial charge in [0, 0.05) is 0 Å². The van der Waals surface area contributed by atoms with E-state index in [0.29, 0.717) is 13.2 Å². The molecule has 3 heteroatoms. The van der Waals surface area contributed by atoms with E-state index in [1.807, 2.05) is 13.8 Å². The predicted octanol–water partition coefficient (Wildman–Crippen LogP) is 3.22. The molecule has 112 valence electrons. The maximum absolute atomic E-state index is 9.18. The lowest BCUT2D eigenvalue weighted by Crippen LogP contribution is -2.00. The molecule has 2 unspecified atom stereocenters. The lowest BCUT2D eigenvalue weighted by molar-refractivity contribution is 0.182. The topological polar surface area (TPSA) is 49.7 Å². The van der Waals surface area contributed by atoms with Crippen molar-refractivity contribution in [3.05, 3.63) is 23.3 Å². The molecule has 0 bridgehead atoms. The Morgan fingerprint density at radius 1 is 0.895 bits per heavy atom. The van der Waals surface area contributed by atoms with Crippen LogP contribution in [0.1, 0.15) is 53.4 Å².